The molecule has 1 spiro atoms. The van der Waals surface area contributed by atoms with Gasteiger partial charge in [0.05, 0.1) is 16.7 Å². The zero-order valence-electron chi connectivity index (χ0n) is 18.6. The minimum Gasteiger partial charge on any atom is -0.480 e. The summed E-state index contributed by atoms with van der Waals surface area (Å²) in [7, 11) is 0. The zero-order chi connectivity index (χ0) is 23.1. The standard InChI is InChI=1S/C23H32N2O5S2/c1-3-30-22(29)18(11-10-17-8-5-4-6-9-17)24-16(2)20(26)25-13-12-23(19(25)21(27)28)31-14-7-15-32-23/h4-6,8-9,16,18-19,24H,3,7,10-15H2,1-2H3,(H,27,28)/t16-,18?,19?/m0/s1. The molecular weight excluding hydrogens is 448 g/mol. The molecule has 3 atom stereocenters. The highest BCUT2D eigenvalue weighted by Gasteiger charge is 2.55. The van der Waals surface area contributed by atoms with Gasteiger partial charge in [-0.15, -0.1) is 23.5 Å². The first-order valence-corrected chi connectivity index (χ1v) is 13.1. The number of nitrogens with one attached hydrogen (secondary N) is 1. The minimum atomic E-state index is -0.962. The summed E-state index contributed by atoms with van der Waals surface area (Å²) in [5.41, 5.74) is 1.10. The van der Waals surface area contributed by atoms with Crippen LogP contribution in [0.5, 0.6) is 0 Å². The number of nitrogens with zero attached hydrogens (tertiary/aromatic N) is 1. The maximum Gasteiger partial charge on any atom is 0.328 e. The highest BCUT2D eigenvalue weighted by Crippen LogP contribution is 2.52. The number of ether oxygens (including phenoxy) is 1. The van der Waals surface area contributed by atoms with Crippen LogP contribution in [-0.2, 0) is 25.5 Å². The molecular formula is C23H32N2O5S2. The van der Waals surface area contributed by atoms with Crippen molar-refractivity contribution in [1.29, 1.82) is 0 Å². The number of thioether (sulfide) groups is 2. The average molecular weight is 481 g/mol. The van der Waals surface area contributed by atoms with Gasteiger partial charge in [0.15, 0.2) is 6.04 Å². The summed E-state index contributed by atoms with van der Waals surface area (Å²) >= 11 is 3.33. The third-order valence-corrected chi connectivity index (χ3v) is 9.41. The van der Waals surface area contributed by atoms with Gasteiger partial charge in [-0.1, -0.05) is 30.3 Å². The van der Waals surface area contributed by atoms with Gasteiger partial charge in [-0.05, 0) is 56.6 Å². The Kier molecular flexibility index (Phi) is 8.90. The van der Waals surface area contributed by atoms with E-state index in [2.05, 4.69) is 5.32 Å². The summed E-state index contributed by atoms with van der Waals surface area (Å²) in [4.78, 5) is 39.5. The third kappa shape index (κ3) is 5.80. The molecule has 1 aromatic carbocycles. The summed E-state index contributed by atoms with van der Waals surface area (Å²) in [6, 6.07) is 7.63. The van der Waals surface area contributed by atoms with Gasteiger partial charge in [0.1, 0.15) is 6.04 Å². The highest BCUT2D eigenvalue weighted by molar-refractivity contribution is 8.18. The number of carbonyl (C=O) groups excluding carboxylic acids is 2. The molecule has 0 bridgehead atoms. The first-order valence-electron chi connectivity index (χ1n) is 11.2. The molecule has 7 nitrogen and oxygen atoms in total. The molecule has 3 rings (SSSR count). The fourth-order valence-corrected chi connectivity index (χ4v) is 7.85. The number of hydrogen-bond acceptors (Lipinski definition) is 7. The SMILES string of the molecule is CCOC(=O)C(CCc1ccccc1)N[C@@H](C)C(=O)N1CCC2(SCCCS2)C1C(=O)O. The molecule has 0 saturated carbocycles. The Morgan fingerprint density at radius 2 is 1.94 bits per heavy atom. The summed E-state index contributed by atoms with van der Waals surface area (Å²) in [5.74, 6) is 0.189. The Labute approximate surface area is 198 Å². The normalized spacial score (nSPS) is 21.8. The minimum absolute atomic E-state index is 0.259. The first kappa shape index (κ1) is 24.9. The number of amides is 1. The van der Waals surface area contributed by atoms with Crippen molar-refractivity contribution in [3.05, 3.63) is 35.9 Å². The summed E-state index contributed by atoms with van der Waals surface area (Å²) < 4.78 is 4.74. The van der Waals surface area contributed by atoms with Crippen LogP contribution in [0.1, 0.15) is 38.7 Å². The van der Waals surface area contributed by atoms with Gasteiger partial charge in [0, 0.05) is 6.54 Å². The first-order chi connectivity index (χ1) is 15.4. The van der Waals surface area contributed by atoms with E-state index in [9.17, 15) is 19.5 Å². The predicted molar refractivity (Wildman–Crippen MR) is 128 cm³/mol. The molecule has 2 aliphatic rings. The van der Waals surface area contributed by atoms with Crippen LogP contribution in [0.25, 0.3) is 0 Å². The van der Waals surface area contributed by atoms with Gasteiger partial charge < -0.3 is 14.7 Å². The maximum absolute atomic E-state index is 13.3. The van der Waals surface area contributed by atoms with Gasteiger partial charge in [-0.25, -0.2) is 4.79 Å². The van der Waals surface area contributed by atoms with Crippen LogP contribution in [-0.4, -0.2) is 74.7 Å². The number of likely N-dealkylation sites (tertiary alicyclic amines) is 1. The largest absolute Gasteiger partial charge is 0.480 e. The average Bonchev–Trinajstić information content (AvgIpc) is 3.15. The lowest BCUT2D eigenvalue weighted by atomic mass is 10.0. The quantitative estimate of drug-likeness (QED) is 0.521. The molecule has 2 aliphatic heterocycles. The Hall–Kier alpha value is -1.71. The van der Waals surface area contributed by atoms with Gasteiger partial charge in [-0.3, -0.25) is 14.9 Å². The van der Waals surface area contributed by atoms with E-state index in [4.69, 9.17) is 4.74 Å². The van der Waals surface area contributed by atoms with Crippen molar-refractivity contribution in [3.63, 3.8) is 0 Å². The Morgan fingerprint density at radius 1 is 1.25 bits per heavy atom. The van der Waals surface area contributed by atoms with Crippen molar-refractivity contribution in [2.24, 2.45) is 0 Å². The number of aliphatic carboxylic acids is 1. The van der Waals surface area contributed by atoms with E-state index < -0.39 is 34.1 Å². The lowest BCUT2D eigenvalue weighted by Crippen LogP contribution is -2.56. The van der Waals surface area contributed by atoms with E-state index in [0.717, 1.165) is 23.5 Å². The summed E-state index contributed by atoms with van der Waals surface area (Å²) in [6.07, 6.45) is 2.86. The molecule has 2 N–H and O–H groups in total. The van der Waals surface area contributed by atoms with Gasteiger partial charge in [0.2, 0.25) is 5.91 Å². The monoisotopic (exact) mass is 480 g/mol. The molecule has 2 saturated heterocycles. The molecule has 0 aromatic heterocycles. The van der Waals surface area contributed by atoms with Crippen molar-refractivity contribution in [2.75, 3.05) is 24.7 Å². The third-order valence-electron chi connectivity index (χ3n) is 5.89. The maximum atomic E-state index is 13.3. The number of aryl methyl sites for hydroxylation is 1. The van der Waals surface area contributed by atoms with Crippen LogP contribution in [0.3, 0.4) is 0 Å². The fraction of sp³-hybridized carbons (Fsp3) is 0.609. The van der Waals surface area contributed by atoms with Crippen LogP contribution >= 0.6 is 23.5 Å². The summed E-state index contributed by atoms with van der Waals surface area (Å²) in [6.45, 7) is 4.12. The van der Waals surface area contributed by atoms with Gasteiger partial charge >= 0.3 is 11.9 Å². The molecule has 0 aliphatic carbocycles. The molecule has 0 radical (unpaired) electrons. The number of carboxylic acid groups (broad SMARTS) is 1. The molecule has 2 heterocycles. The van der Waals surface area contributed by atoms with Crippen molar-refractivity contribution < 1.29 is 24.2 Å². The summed E-state index contributed by atoms with van der Waals surface area (Å²) in [5, 5.41) is 13.1. The fourth-order valence-electron chi connectivity index (χ4n) is 4.32. The van der Waals surface area contributed by atoms with Gasteiger partial charge in [-0.2, -0.15) is 0 Å². The highest BCUT2D eigenvalue weighted by atomic mass is 32.2. The number of esters is 1. The Morgan fingerprint density at radius 3 is 2.56 bits per heavy atom. The van der Waals surface area contributed by atoms with Crippen LogP contribution < -0.4 is 5.32 Å². The second kappa shape index (κ2) is 11.4. The molecule has 2 unspecified atom stereocenters. The lowest BCUT2D eigenvalue weighted by Gasteiger charge is -2.37. The molecule has 2 fully saturated rings. The number of rotatable bonds is 9. The van der Waals surface area contributed by atoms with E-state index in [1.165, 1.54) is 4.90 Å². The van der Waals surface area contributed by atoms with E-state index in [0.29, 0.717) is 25.8 Å². The van der Waals surface area contributed by atoms with Crippen LogP contribution in [0.4, 0.5) is 0 Å². The van der Waals surface area contributed by atoms with E-state index in [1.54, 1.807) is 37.4 Å². The number of carbonyl (C=O) groups is 3. The second-order valence-corrected chi connectivity index (χ2v) is 11.2. The van der Waals surface area contributed by atoms with E-state index in [1.807, 2.05) is 30.3 Å². The van der Waals surface area contributed by atoms with Crippen molar-refractivity contribution in [1.82, 2.24) is 10.2 Å². The molecule has 32 heavy (non-hydrogen) atoms. The molecule has 1 amide bonds. The topological polar surface area (TPSA) is 95.9 Å². The van der Waals surface area contributed by atoms with E-state index in [-0.39, 0.29) is 12.5 Å². The molecule has 9 heteroatoms. The lowest BCUT2D eigenvalue weighted by molar-refractivity contribution is -0.150. The van der Waals surface area contributed by atoms with Gasteiger partial charge in [0.25, 0.3) is 0 Å². The predicted octanol–water partition coefficient (Wildman–Crippen LogP) is 2.78. The zero-order valence-corrected chi connectivity index (χ0v) is 20.3. The van der Waals surface area contributed by atoms with Crippen LogP contribution in [0.2, 0.25) is 0 Å². The van der Waals surface area contributed by atoms with Crippen molar-refractivity contribution in [2.45, 2.75) is 61.7 Å². The van der Waals surface area contributed by atoms with Crippen molar-refractivity contribution in [3.8, 4) is 0 Å². The molecule has 1 aromatic rings. The van der Waals surface area contributed by atoms with Crippen molar-refractivity contribution >= 4 is 41.4 Å². The van der Waals surface area contributed by atoms with Crippen LogP contribution in [0, 0.1) is 0 Å². The Balaban J connectivity index is 1.69. The molecule has 176 valence electrons. The second-order valence-electron chi connectivity index (χ2n) is 8.10. The van der Waals surface area contributed by atoms with E-state index >= 15 is 0 Å². The smallest absolute Gasteiger partial charge is 0.328 e. The number of carboxylic acids is 1. The van der Waals surface area contributed by atoms with Crippen LogP contribution in [0.15, 0.2) is 30.3 Å². The number of hydrogen-bond donors (Lipinski definition) is 2. The number of benzene rings is 1. The Bertz CT molecular complexity index is 801.